The number of benzene rings is 1. The number of thiophene rings is 1. The van der Waals surface area contributed by atoms with E-state index in [9.17, 15) is 0 Å². The Balaban J connectivity index is 1.51. The summed E-state index contributed by atoms with van der Waals surface area (Å²) < 4.78 is 0. The monoisotopic (exact) mass is 254 g/mol. The Bertz CT molecular complexity index is 595. The molecule has 0 saturated heterocycles. The van der Waals surface area contributed by atoms with E-state index in [-0.39, 0.29) is 0 Å². The number of nitrogens with one attached hydrogen (secondary N) is 1. The molecule has 0 spiro atoms. The van der Waals surface area contributed by atoms with Crippen molar-refractivity contribution in [3.8, 4) is 6.07 Å². The van der Waals surface area contributed by atoms with Gasteiger partial charge in [0.1, 0.15) is 10.9 Å². The van der Waals surface area contributed by atoms with Crippen molar-refractivity contribution in [2.45, 2.75) is 18.9 Å². The first-order valence-electron chi connectivity index (χ1n) is 6.14. The average molecular weight is 254 g/mol. The normalized spacial score (nSPS) is 16.7. The Hall–Kier alpha value is -1.63. The van der Waals surface area contributed by atoms with Crippen LogP contribution in [0, 0.1) is 11.3 Å². The van der Waals surface area contributed by atoms with Gasteiger partial charge in [-0.2, -0.15) is 5.26 Å². The largest absolute Gasteiger partial charge is 0.311 e. The number of fused-ring (bicyclic) bond motifs is 1. The molecule has 1 heterocycles. The van der Waals surface area contributed by atoms with Crippen LogP contribution >= 0.6 is 11.3 Å². The van der Waals surface area contributed by atoms with Gasteiger partial charge >= 0.3 is 0 Å². The molecular weight excluding hydrogens is 240 g/mol. The van der Waals surface area contributed by atoms with Crippen LogP contribution in [0.3, 0.4) is 0 Å². The van der Waals surface area contributed by atoms with Crippen molar-refractivity contribution in [1.82, 2.24) is 5.32 Å². The van der Waals surface area contributed by atoms with Gasteiger partial charge in [0.05, 0.1) is 0 Å². The molecule has 90 valence electrons. The van der Waals surface area contributed by atoms with Crippen molar-refractivity contribution in [3.63, 3.8) is 0 Å². The molecule has 0 aliphatic heterocycles. The zero-order valence-corrected chi connectivity index (χ0v) is 10.8. The quantitative estimate of drug-likeness (QED) is 0.910. The number of nitriles is 1. The van der Waals surface area contributed by atoms with E-state index in [1.54, 1.807) is 11.3 Å². The zero-order valence-electron chi connectivity index (χ0n) is 10.0. The molecule has 1 N–H and O–H groups in total. The van der Waals surface area contributed by atoms with Crippen LogP contribution in [0.2, 0.25) is 0 Å². The number of hydrogen-bond donors (Lipinski definition) is 1. The molecule has 1 aliphatic carbocycles. The van der Waals surface area contributed by atoms with E-state index in [0.717, 1.165) is 18.0 Å². The molecule has 1 aliphatic rings. The molecule has 18 heavy (non-hydrogen) atoms. The fraction of sp³-hybridized carbons (Fsp3) is 0.267. The zero-order chi connectivity index (χ0) is 12.4. The smallest absolute Gasteiger partial charge is 0.110 e. The Morgan fingerprint density at radius 1 is 1.28 bits per heavy atom. The van der Waals surface area contributed by atoms with Crippen LogP contribution in [0.25, 0.3) is 0 Å². The van der Waals surface area contributed by atoms with Gasteiger partial charge in [0.15, 0.2) is 0 Å². The molecule has 0 fully saturated rings. The van der Waals surface area contributed by atoms with E-state index < -0.39 is 0 Å². The second kappa shape index (κ2) is 4.93. The maximum absolute atomic E-state index is 8.76. The second-order valence-electron chi connectivity index (χ2n) is 4.61. The van der Waals surface area contributed by atoms with Crippen molar-refractivity contribution in [2.75, 3.05) is 6.54 Å². The third-order valence-electron chi connectivity index (χ3n) is 3.42. The standard InChI is InChI=1S/C15H14N2S/c16-8-13-5-6-14(18-13)10-17-9-12-7-11-3-1-2-4-15(11)12/h1-6,12,17H,7,9-10H2. The Morgan fingerprint density at radius 2 is 2.17 bits per heavy atom. The van der Waals surface area contributed by atoms with Crippen LogP contribution in [-0.4, -0.2) is 6.54 Å². The Kier molecular flexibility index (Phi) is 3.14. The minimum Gasteiger partial charge on any atom is -0.311 e. The van der Waals surface area contributed by atoms with Crippen LogP contribution in [0.15, 0.2) is 36.4 Å². The third-order valence-corrected chi connectivity index (χ3v) is 4.41. The molecule has 0 radical (unpaired) electrons. The number of nitrogens with zero attached hydrogens (tertiary/aromatic N) is 1. The summed E-state index contributed by atoms with van der Waals surface area (Å²) in [6.07, 6.45) is 1.19. The third kappa shape index (κ3) is 2.17. The Morgan fingerprint density at radius 3 is 2.94 bits per heavy atom. The van der Waals surface area contributed by atoms with Gasteiger partial charge in [-0.3, -0.25) is 0 Å². The summed E-state index contributed by atoms with van der Waals surface area (Å²) >= 11 is 1.57. The predicted molar refractivity (Wildman–Crippen MR) is 73.6 cm³/mol. The van der Waals surface area contributed by atoms with Gasteiger partial charge in [0.25, 0.3) is 0 Å². The predicted octanol–water partition coefficient (Wildman–Crippen LogP) is 3.05. The van der Waals surface area contributed by atoms with Crippen molar-refractivity contribution in [3.05, 3.63) is 57.3 Å². The molecule has 1 aromatic heterocycles. The number of hydrogen-bond acceptors (Lipinski definition) is 3. The lowest BCUT2D eigenvalue weighted by Gasteiger charge is -2.30. The van der Waals surface area contributed by atoms with Crippen LogP contribution in [0.5, 0.6) is 0 Å². The van der Waals surface area contributed by atoms with Gasteiger partial charge in [-0.05, 0) is 29.7 Å². The average Bonchev–Trinajstić information content (AvgIpc) is 2.83. The van der Waals surface area contributed by atoms with Crippen molar-refractivity contribution in [1.29, 1.82) is 5.26 Å². The SMILES string of the molecule is N#Cc1ccc(CNCC2Cc3ccccc32)s1. The molecule has 1 aromatic carbocycles. The summed E-state index contributed by atoms with van der Waals surface area (Å²) in [7, 11) is 0. The lowest BCUT2D eigenvalue weighted by molar-refractivity contribution is 0.537. The van der Waals surface area contributed by atoms with E-state index in [0.29, 0.717) is 5.92 Å². The minimum absolute atomic E-state index is 0.664. The van der Waals surface area contributed by atoms with Gasteiger partial charge in [0, 0.05) is 23.9 Å². The van der Waals surface area contributed by atoms with E-state index in [2.05, 4.69) is 35.7 Å². The van der Waals surface area contributed by atoms with Gasteiger partial charge in [0.2, 0.25) is 0 Å². The fourth-order valence-corrected chi connectivity index (χ4v) is 3.22. The summed E-state index contributed by atoms with van der Waals surface area (Å²) in [6, 6.07) is 14.8. The first kappa shape index (κ1) is 11.5. The maximum atomic E-state index is 8.76. The van der Waals surface area contributed by atoms with Gasteiger partial charge in [-0.25, -0.2) is 0 Å². The first-order valence-corrected chi connectivity index (χ1v) is 6.96. The van der Waals surface area contributed by atoms with E-state index in [1.165, 1.54) is 22.4 Å². The highest BCUT2D eigenvalue weighted by atomic mass is 32.1. The minimum atomic E-state index is 0.664. The van der Waals surface area contributed by atoms with Crippen molar-refractivity contribution < 1.29 is 0 Å². The topological polar surface area (TPSA) is 35.8 Å². The lowest BCUT2D eigenvalue weighted by Crippen LogP contribution is -2.28. The molecule has 3 heteroatoms. The molecule has 3 rings (SSSR count). The van der Waals surface area contributed by atoms with Crippen molar-refractivity contribution in [2.24, 2.45) is 0 Å². The van der Waals surface area contributed by atoms with Gasteiger partial charge in [-0.15, -0.1) is 11.3 Å². The Labute approximate surface area is 111 Å². The van der Waals surface area contributed by atoms with Crippen LogP contribution in [0.4, 0.5) is 0 Å². The van der Waals surface area contributed by atoms with Crippen LogP contribution < -0.4 is 5.32 Å². The number of rotatable bonds is 4. The van der Waals surface area contributed by atoms with Gasteiger partial charge in [-0.1, -0.05) is 24.3 Å². The lowest BCUT2D eigenvalue weighted by atomic mass is 9.77. The summed E-state index contributed by atoms with van der Waals surface area (Å²) in [6.45, 7) is 1.89. The highest BCUT2D eigenvalue weighted by molar-refractivity contribution is 7.12. The summed E-state index contributed by atoms with van der Waals surface area (Å²) in [5.41, 5.74) is 2.99. The first-order chi connectivity index (χ1) is 8.86. The van der Waals surface area contributed by atoms with Crippen LogP contribution in [-0.2, 0) is 13.0 Å². The van der Waals surface area contributed by atoms with Gasteiger partial charge < -0.3 is 5.32 Å². The molecule has 1 unspecified atom stereocenters. The molecule has 0 amide bonds. The van der Waals surface area contributed by atoms with Crippen LogP contribution in [0.1, 0.15) is 26.8 Å². The molecule has 0 saturated carbocycles. The highest BCUT2D eigenvalue weighted by Crippen LogP contribution is 2.34. The maximum Gasteiger partial charge on any atom is 0.110 e. The molecular formula is C15H14N2S. The van der Waals surface area contributed by atoms with E-state index in [4.69, 9.17) is 5.26 Å². The fourth-order valence-electron chi connectivity index (χ4n) is 2.45. The summed E-state index contributed by atoms with van der Waals surface area (Å²) in [5.74, 6) is 0.664. The molecule has 1 atom stereocenters. The highest BCUT2D eigenvalue weighted by Gasteiger charge is 2.24. The van der Waals surface area contributed by atoms with E-state index in [1.807, 2.05) is 12.1 Å². The summed E-state index contributed by atoms with van der Waals surface area (Å²) in [4.78, 5) is 2.03. The second-order valence-corrected chi connectivity index (χ2v) is 5.78. The summed E-state index contributed by atoms with van der Waals surface area (Å²) in [5, 5.41) is 12.2. The molecule has 2 nitrogen and oxygen atoms in total. The van der Waals surface area contributed by atoms with E-state index >= 15 is 0 Å². The van der Waals surface area contributed by atoms with Crippen molar-refractivity contribution >= 4 is 11.3 Å². The molecule has 2 aromatic rings. The molecule has 0 bridgehead atoms.